The van der Waals surface area contributed by atoms with Crippen LogP contribution in [-0.2, 0) is 21.7 Å². The normalized spacial score (nSPS) is 16.9. The molecule has 0 saturated heterocycles. The van der Waals surface area contributed by atoms with Crippen molar-refractivity contribution in [3.8, 4) is 56.4 Å². The van der Waals surface area contributed by atoms with Crippen molar-refractivity contribution in [1.82, 2.24) is 0 Å². The number of anilines is 5. The second-order valence-corrected chi connectivity index (χ2v) is 23.7. The average Bonchev–Trinajstić information content (AvgIpc) is 3.57. The van der Waals surface area contributed by atoms with Crippen molar-refractivity contribution in [2.45, 2.75) is 111 Å². The molecule has 0 unspecified atom stereocenters. The molecule has 13 rings (SSSR count). The van der Waals surface area contributed by atoms with Gasteiger partial charge < -0.3 is 19.2 Å². The highest BCUT2D eigenvalue weighted by molar-refractivity contribution is 6.93. The number of para-hydroxylation sites is 2. The van der Waals surface area contributed by atoms with Crippen LogP contribution in [0.25, 0.3) is 33.4 Å². The van der Waals surface area contributed by atoms with E-state index in [9.17, 15) is 0 Å². The Kier molecular flexibility index (Phi) is 8.95. The Morgan fingerprint density at radius 1 is 0.486 bits per heavy atom. The van der Waals surface area contributed by atoms with Crippen LogP contribution in [0, 0.1) is 13.8 Å². The highest BCUT2D eigenvalue weighted by Gasteiger charge is 2.50. The average molecular weight is 913 g/mol. The molecule has 0 amide bonds. The molecule has 0 fully saturated rings. The summed E-state index contributed by atoms with van der Waals surface area (Å²) in [7, 11) is 0. The van der Waals surface area contributed by atoms with Crippen LogP contribution in [0.2, 0.25) is 0 Å². The Morgan fingerprint density at radius 3 is 1.84 bits per heavy atom. The fraction of sp³-hybridized carbons (Fsp3) is 0.262. The van der Waals surface area contributed by atoms with Gasteiger partial charge in [0.15, 0.2) is 23.0 Å². The lowest BCUT2D eigenvalue weighted by Gasteiger charge is -2.48. The molecule has 3 aliphatic heterocycles. The summed E-state index contributed by atoms with van der Waals surface area (Å²) in [6.07, 6.45) is 2.30. The summed E-state index contributed by atoms with van der Waals surface area (Å²) in [6, 6.07) is 54.9. The summed E-state index contributed by atoms with van der Waals surface area (Å²) in [4.78, 5) is 5.30. The highest BCUT2D eigenvalue weighted by atomic mass is 16.6. The molecular formula is C65H61BN2O2. The molecule has 70 heavy (non-hydrogen) atoms. The summed E-state index contributed by atoms with van der Waals surface area (Å²) >= 11 is 0. The van der Waals surface area contributed by atoms with Crippen LogP contribution < -0.4 is 30.1 Å². The largest absolute Gasteiger partial charge is 0.450 e. The van der Waals surface area contributed by atoms with Gasteiger partial charge in [-0.25, -0.2) is 0 Å². The molecule has 0 radical (unpaired) electrons. The maximum absolute atomic E-state index is 6.90. The molecule has 0 bridgehead atoms. The minimum atomic E-state index is -0.241. The van der Waals surface area contributed by atoms with Crippen LogP contribution in [0.5, 0.6) is 23.0 Å². The molecule has 346 valence electrons. The van der Waals surface area contributed by atoms with Gasteiger partial charge in [-0.3, -0.25) is 0 Å². The molecule has 0 atom stereocenters. The van der Waals surface area contributed by atoms with E-state index in [0.29, 0.717) is 0 Å². The van der Waals surface area contributed by atoms with E-state index in [1.165, 1.54) is 106 Å². The van der Waals surface area contributed by atoms with Gasteiger partial charge >= 0.3 is 6.85 Å². The Labute approximate surface area is 415 Å². The number of rotatable bonds is 3. The number of benzene rings is 8. The fourth-order valence-electron chi connectivity index (χ4n) is 12.9. The van der Waals surface area contributed by atoms with E-state index in [1.807, 2.05) is 24.3 Å². The zero-order chi connectivity index (χ0) is 48.4. The Balaban J connectivity index is 1.18. The topological polar surface area (TPSA) is 24.9 Å². The number of hydrogen-bond acceptors (Lipinski definition) is 4. The fourth-order valence-corrected chi connectivity index (χ4v) is 12.9. The van der Waals surface area contributed by atoms with Gasteiger partial charge in [0.2, 0.25) is 0 Å². The first-order valence-electron chi connectivity index (χ1n) is 25.4. The van der Waals surface area contributed by atoms with E-state index < -0.39 is 0 Å². The summed E-state index contributed by atoms with van der Waals surface area (Å²) in [6.45, 7) is 25.9. The maximum atomic E-state index is 6.90. The van der Waals surface area contributed by atoms with Gasteiger partial charge in [0, 0.05) is 51.0 Å². The van der Waals surface area contributed by atoms with Crippen molar-refractivity contribution < 1.29 is 9.47 Å². The molecule has 3 heterocycles. The van der Waals surface area contributed by atoms with Gasteiger partial charge in [0.05, 0.1) is 0 Å². The van der Waals surface area contributed by atoms with E-state index in [-0.39, 0.29) is 28.5 Å². The third kappa shape index (κ3) is 6.09. The molecule has 0 aromatic heterocycles. The summed E-state index contributed by atoms with van der Waals surface area (Å²) in [5, 5.41) is 0. The predicted octanol–water partition coefficient (Wildman–Crippen LogP) is 16.5. The zero-order valence-corrected chi connectivity index (χ0v) is 42.6. The number of ether oxygens (including phenoxy) is 2. The number of hydrogen-bond donors (Lipinski definition) is 0. The number of fused-ring (bicyclic) bond motifs is 11. The second kappa shape index (κ2) is 14.5. The van der Waals surface area contributed by atoms with Crippen LogP contribution in [0.3, 0.4) is 0 Å². The van der Waals surface area contributed by atoms with Crippen molar-refractivity contribution in [2.24, 2.45) is 0 Å². The quantitative estimate of drug-likeness (QED) is 0.165. The summed E-state index contributed by atoms with van der Waals surface area (Å²) < 4.78 is 13.8. The molecule has 4 nitrogen and oxygen atoms in total. The molecule has 0 spiro atoms. The van der Waals surface area contributed by atoms with Gasteiger partial charge in [-0.05, 0) is 164 Å². The van der Waals surface area contributed by atoms with E-state index >= 15 is 0 Å². The minimum Gasteiger partial charge on any atom is -0.450 e. The first-order valence-corrected chi connectivity index (χ1v) is 25.4. The molecular weight excluding hydrogens is 852 g/mol. The third-order valence-corrected chi connectivity index (χ3v) is 16.9. The van der Waals surface area contributed by atoms with Crippen LogP contribution >= 0.6 is 0 Å². The first-order chi connectivity index (χ1) is 33.4. The second-order valence-electron chi connectivity index (χ2n) is 23.7. The summed E-state index contributed by atoms with van der Waals surface area (Å²) in [5.41, 5.74) is 25.3. The zero-order valence-electron chi connectivity index (χ0n) is 42.6. The number of nitrogens with zero attached hydrogens (tertiary/aromatic N) is 2. The van der Waals surface area contributed by atoms with E-state index in [4.69, 9.17) is 9.47 Å². The summed E-state index contributed by atoms with van der Waals surface area (Å²) in [5.74, 6) is 2.89. The van der Waals surface area contributed by atoms with Crippen molar-refractivity contribution in [3.05, 3.63) is 185 Å². The van der Waals surface area contributed by atoms with Crippen LogP contribution in [0.1, 0.15) is 114 Å². The van der Waals surface area contributed by atoms with E-state index in [1.54, 1.807) is 0 Å². The molecule has 5 heteroatoms. The standard InChI is InChI=1S/C65H61BN2O2/c1-38-31-44-60-51(28-26-46-59(60)42-21-15-16-22-45(42)65(46,10)11)68(50-27-25-41(62(3,4)5)34-43(50)40-19-13-12-14-20-40)66-49-36-57-58(70-56-24-18-17-23-55(56)69-57)37-53(49)67(54(32-38)61(44)66)52-35-48-47(33-39(52)2)63(6,7)29-30-64(48,8)9/h12-28,31-37H,29-30H2,1-11H3. The van der Waals surface area contributed by atoms with Crippen molar-refractivity contribution in [2.75, 3.05) is 9.71 Å². The maximum Gasteiger partial charge on any atom is 0.333 e. The van der Waals surface area contributed by atoms with Crippen LogP contribution in [0.4, 0.5) is 28.4 Å². The third-order valence-electron chi connectivity index (χ3n) is 16.9. The van der Waals surface area contributed by atoms with E-state index in [2.05, 4.69) is 207 Å². The Bertz CT molecular complexity index is 3560. The predicted molar refractivity (Wildman–Crippen MR) is 293 cm³/mol. The van der Waals surface area contributed by atoms with Crippen molar-refractivity contribution >= 4 is 46.2 Å². The SMILES string of the molecule is Cc1cc2c3c(c1)N(c1cc4c(cc1C)C(C)(C)CCC4(C)C)c1cc4c(cc1B3N(c1ccc(C(C)(C)C)cc1-c1ccccc1)c1ccc3c(c1-2)-c1ccccc1C3(C)C)Oc1ccccc1O4. The van der Waals surface area contributed by atoms with Crippen molar-refractivity contribution in [1.29, 1.82) is 0 Å². The van der Waals surface area contributed by atoms with Crippen LogP contribution in [-0.4, -0.2) is 6.85 Å². The Morgan fingerprint density at radius 2 is 1.13 bits per heavy atom. The van der Waals surface area contributed by atoms with Gasteiger partial charge in [0.25, 0.3) is 0 Å². The Hall–Kier alpha value is -6.98. The van der Waals surface area contributed by atoms with Crippen molar-refractivity contribution in [3.63, 3.8) is 0 Å². The highest BCUT2D eigenvalue weighted by Crippen LogP contribution is 2.59. The molecule has 0 saturated carbocycles. The molecule has 5 aliphatic rings. The van der Waals surface area contributed by atoms with Gasteiger partial charge in [0.1, 0.15) is 0 Å². The van der Waals surface area contributed by atoms with Gasteiger partial charge in [-0.1, -0.05) is 153 Å². The monoisotopic (exact) mass is 912 g/mol. The minimum absolute atomic E-state index is 0.0144. The molecule has 0 N–H and O–H groups in total. The van der Waals surface area contributed by atoms with Gasteiger partial charge in [-0.15, -0.1) is 0 Å². The van der Waals surface area contributed by atoms with Gasteiger partial charge in [-0.2, -0.15) is 0 Å². The molecule has 8 aromatic rings. The molecule has 2 aliphatic carbocycles. The lowest BCUT2D eigenvalue weighted by molar-refractivity contribution is 0.332. The van der Waals surface area contributed by atoms with Crippen LogP contribution in [0.15, 0.2) is 146 Å². The first kappa shape index (κ1) is 43.1. The molecule has 8 aromatic carbocycles. The lowest BCUT2D eigenvalue weighted by Crippen LogP contribution is -2.61. The lowest BCUT2D eigenvalue weighted by atomic mass is 9.43. The van der Waals surface area contributed by atoms with E-state index in [0.717, 1.165) is 41.5 Å². The number of aryl methyl sites for hydroxylation is 2. The smallest absolute Gasteiger partial charge is 0.333 e.